The molecule has 8 heteroatoms. The number of halogens is 3. The van der Waals surface area contributed by atoms with Crippen LogP contribution in [0.25, 0.3) is 0 Å². The second kappa shape index (κ2) is 9.45. The van der Waals surface area contributed by atoms with E-state index in [1.165, 1.54) is 0 Å². The van der Waals surface area contributed by atoms with Crippen LogP contribution in [0.2, 0.25) is 0 Å². The zero-order chi connectivity index (χ0) is 12.6. The van der Waals surface area contributed by atoms with Crippen LogP contribution in [0.4, 0.5) is 13.2 Å². The molecule has 4 nitrogen and oxygen atoms in total. The van der Waals surface area contributed by atoms with E-state index in [0.717, 1.165) is 6.42 Å². The maximum absolute atomic E-state index is 10.6. The van der Waals surface area contributed by atoms with Crippen LogP contribution in [0.3, 0.4) is 0 Å². The van der Waals surface area contributed by atoms with E-state index < -0.39 is 18.1 Å². The molecule has 0 atom stereocenters. The number of carbonyl (C=O) groups is 2. The molecule has 0 bridgehead atoms. The van der Waals surface area contributed by atoms with E-state index in [-0.39, 0.29) is 16.5 Å². The Kier molecular flexibility index (Phi) is 12.2. The van der Waals surface area contributed by atoms with Gasteiger partial charge in [0.1, 0.15) is 0 Å². The molecule has 0 saturated heterocycles. The molecule has 0 fully saturated rings. The Hall–Kier alpha value is -0.776. The summed E-state index contributed by atoms with van der Waals surface area (Å²) in [6, 6.07) is 0. The van der Waals surface area contributed by atoms with E-state index in [1.54, 1.807) is 0 Å². The third-order valence-corrected chi connectivity index (χ3v) is 1.18. The van der Waals surface area contributed by atoms with Gasteiger partial charge >= 0.3 is 18.1 Å². The fourth-order valence-corrected chi connectivity index (χ4v) is 0.412. The fourth-order valence-electron chi connectivity index (χ4n) is 0.412. The summed E-state index contributed by atoms with van der Waals surface area (Å²) < 4.78 is 31.7. The summed E-state index contributed by atoms with van der Waals surface area (Å²) in [4.78, 5) is 18.8. The molecule has 16 heavy (non-hydrogen) atoms. The van der Waals surface area contributed by atoms with Gasteiger partial charge in [0.25, 0.3) is 0 Å². The Balaban J connectivity index is -0.000000200. The monoisotopic (exact) mass is 288 g/mol. The number of hydrogen-bond acceptors (Lipinski definition) is 2. The van der Waals surface area contributed by atoms with Crippen molar-refractivity contribution < 1.29 is 49.5 Å². The van der Waals surface area contributed by atoms with Crippen molar-refractivity contribution in [2.24, 2.45) is 5.92 Å². The SMILES string of the molecule is CC(C)CCC(=O)O.O=C(O)C(F)(F)F.[Ni]. The summed E-state index contributed by atoms with van der Waals surface area (Å²) in [5.74, 6) is -2.95. The first kappa shape index (κ1) is 20.6. The van der Waals surface area contributed by atoms with Crippen molar-refractivity contribution in [1.29, 1.82) is 0 Å². The minimum Gasteiger partial charge on any atom is -0.481 e. The van der Waals surface area contributed by atoms with Gasteiger partial charge in [-0.15, -0.1) is 0 Å². The van der Waals surface area contributed by atoms with Gasteiger partial charge in [-0.25, -0.2) is 4.79 Å². The Morgan fingerprint density at radius 3 is 1.56 bits per heavy atom. The van der Waals surface area contributed by atoms with E-state index >= 15 is 0 Å². The summed E-state index contributed by atoms with van der Waals surface area (Å²) >= 11 is 0. The minimum absolute atomic E-state index is 0. The second-order valence-electron chi connectivity index (χ2n) is 3.13. The maximum atomic E-state index is 10.6. The zero-order valence-electron chi connectivity index (χ0n) is 8.65. The topological polar surface area (TPSA) is 74.6 Å². The molecule has 0 saturated carbocycles. The average molecular weight is 289 g/mol. The molecule has 0 heterocycles. The molecule has 0 radical (unpaired) electrons. The van der Waals surface area contributed by atoms with Gasteiger partial charge in [-0.05, 0) is 12.3 Å². The molecular weight excluding hydrogens is 276 g/mol. The molecule has 0 aliphatic carbocycles. The van der Waals surface area contributed by atoms with Gasteiger partial charge in [-0.3, -0.25) is 4.79 Å². The summed E-state index contributed by atoms with van der Waals surface area (Å²) in [6.45, 7) is 4.03. The fraction of sp³-hybridized carbons (Fsp3) is 0.750. The van der Waals surface area contributed by atoms with Crippen molar-refractivity contribution in [3.63, 3.8) is 0 Å². The standard InChI is InChI=1S/C6H12O2.C2HF3O2.Ni/c1-5(2)3-4-6(7)8;3-2(4,5)1(6)7;/h5H,3-4H2,1-2H3,(H,7,8);(H,6,7);. The summed E-state index contributed by atoms with van der Waals surface area (Å²) in [5.41, 5.74) is 0. The van der Waals surface area contributed by atoms with Gasteiger partial charge in [0.05, 0.1) is 0 Å². The number of carboxylic acids is 2. The Labute approximate surface area is 101 Å². The minimum atomic E-state index is -5.08. The van der Waals surface area contributed by atoms with Crippen molar-refractivity contribution >= 4 is 11.9 Å². The van der Waals surface area contributed by atoms with Gasteiger partial charge in [0, 0.05) is 22.9 Å². The number of aliphatic carboxylic acids is 2. The smallest absolute Gasteiger partial charge is 0.481 e. The first-order valence-electron chi connectivity index (χ1n) is 4.09. The van der Waals surface area contributed by atoms with Gasteiger partial charge in [0.2, 0.25) is 0 Å². The Morgan fingerprint density at radius 2 is 1.50 bits per heavy atom. The van der Waals surface area contributed by atoms with Crippen molar-refractivity contribution in [3.8, 4) is 0 Å². The van der Waals surface area contributed by atoms with E-state index in [9.17, 15) is 18.0 Å². The second-order valence-corrected chi connectivity index (χ2v) is 3.13. The van der Waals surface area contributed by atoms with E-state index in [0.29, 0.717) is 12.3 Å². The maximum Gasteiger partial charge on any atom is 0.490 e. The molecule has 0 unspecified atom stereocenters. The van der Waals surface area contributed by atoms with Crippen LogP contribution in [0, 0.1) is 5.92 Å². The van der Waals surface area contributed by atoms with Crippen LogP contribution < -0.4 is 0 Å². The molecule has 0 aromatic carbocycles. The Bertz CT molecular complexity index is 216. The predicted octanol–water partition coefficient (Wildman–Crippen LogP) is 2.14. The van der Waals surface area contributed by atoms with E-state index in [1.807, 2.05) is 13.8 Å². The molecule has 0 aromatic rings. The number of rotatable bonds is 3. The van der Waals surface area contributed by atoms with E-state index in [4.69, 9.17) is 15.0 Å². The molecule has 2 N–H and O–H groups in total. The van der Waals surface area contributed by atoms with Gasteiger partial charge in [0.15, 0.2) is 0 Å². The van der Waals surface area contributed by atoms with Crippen LogP contribution in [-0.4, -0.2) is 28.3 Å². The quantitative estimate of drug-likeness (QED) is 0.780. The third kappa shape index (κ3) is 18.9. The molecule has 0 aromatic heterocycles. The van der Waals surface area contributed by atoms with Crippen LogP contribution in [0.1, 0.15) is 26.7 Å². The van der Waals surface area contributed by atoms with Crippen LogP contribution >= 0.6 is 0 Å². The van der Waals surface area contributed by atoms with Crippen molar-refractivity contribution in [2.45, 2.75) is 32.9 Å². The molecule has 0 amide bonds. The van der Waals surface area contributed by atoms with Crippen molar-refractivity contribution in [1.82, 2.24) is 0 Å². The largest absolute Gasteiger partial charge is 0.490 e. The summed E-state index contributed by atoms with van der Waals surface area (Å²) in [5, 5.41) is 15.3. The van der Waals surface area contributed by atoms with Gasteiger partial charge in [-0.2, -0.15) is 13.2 Å². The van der Waals surface area contributed by atoms with Crippen molar-refractivity contribution in [3.05, 3.63) is 0 Å². The van der Waals surface area contributed by atoms with E-state index in [2.05, 4.69) is 0 Å². The van der Waals surface area contributed by atoms with Crippen LogP contribution in [-0.2, 0) is 26.1 Å². The van der Waals surface area contributed by atoms with Crippen molar-refractivity contribution in [2.75, 3.05) is 0 Å². The van der Waals surface area contributed by atoms with Crippen LogP contribution in [0.5, 0.6) is 0 Å². The molecule has 0 spiro atoms. The first-order chi connectivity index (χ1) is 6.57. The molecule has 0 aliphatic rings. The molecule has 100 valence electrons. The van der Waals surface area contributed by atoms with Crippen LogP contribution in [0.15, 0.2) is 0 Å². The predicted molar refractivity (Wildman–Crippen MR) is 45.4 cm³/mol. The molecule has 0 aliphatic heterocycles. The molecule has 0 rings (SSSR count). The third-order valence-electron chi connectivity index (χ3n) is 1.18. The summed E-state index contributed by atoms with van der Waals surface area (Å²) in [6.07, 6.45) is -3.99. The van der Waals surface area contributed by atoms with Gasteiger partial charge < -0.3 is 10.2 Å². The molecular formula is C8H13F3NiO4. The Morgan fingerprint density at radius 1 is 1.19 bits per heavy atom. The summed E-state index contributed by atoms with van der Waals surface area (Å²) in [7, 11) is 0. The number of hydrogen-bond donors (Lipinski definition) is 2. The number of alkyl halides is 3. The zero-order valence-corrected chi connectivity index (χ0v) is 9.64. The van der Waals surface area contributed by atoms with Gasteiger partial charge in [-0.1, -0.05) is 13.8 Å². The normalized spacial score (nSPS) is 9.88. The average Bonchev–Trinajstić information content (AvgIpc) is 2.00. The number of carboxylic acid groups (broad SMARTS) is 2. The first-order valence-corrected chi connectivity index (χ1v) is 4.09.